The largest absolute Gasteiger partial charge is 0.320 e. The Bertz CT molecular complexity index is 402. The van der Waals surface area contributed by atoms with E-state index >= 15 is 0 Å². The zero-order chi connectivity index (χ0) is 9.68. The van der Waals surface area contributed by atoms with E-state index in [4.69, 9.17) is 11.0 Å². The van der Waals surface area contributed by atoms with Gasteiger partial charge in [-0.2, -0.15) is 5.26 Å². The molecule has 2 heteroatoms. The van der Waals surface area contributed by atoms with Gasteiger partial charge >= 0.3 is 0 Å². The second kappa shape index (κ2) is 4.30. The van der Waals surface area contributed by atoms with Crippen molar-refractivity contribution < 1.29 is 0 Å². The molecule has 0 unspecified atom stereocenters. The van der Waals surface area contributed by atoms with Crippen LogP contribution in [0.2, 0.25) is 0 Å². The van der Waals surface area contributed by atoms with Crippen LogP contribution < -0.4 is 5.73 Å². The number of hydrogen-bond donors (Lipinski definition) is 1. The third-order valence-corrected chi connectivity index (χ3v) is 1.68. The van der Waals surface area contributed by atoms with Crippen LogP contribution in [0, 0.1) is 30.1 Å². The van der Waals surface area contributed by atoms with Crippen LogP contribution in [0.25, 0.3) is 0 Å². The smallest absolute Gasteiger partial charge is 0.0991 e. The number of nitrogens with zero attached hydrogens (tertiary/aromatic N) is 1. The summed E-state index contributed by atoms with van der Waals surface area (Å²) < 4.78 is 0. The maximum Gasteiger partial charge on any atom is 0.0991 e. The lowest BCUT2D eigenvalue weighted by Crippen LogP contribution is -1.93. The molecule has 0 fully saturated rings. The highest BCUT2D eigenvalue weighted by molar-refractivity contribution is 5.45. The molecular weight excluding hydrogens is 160 g/mol. The molecule has 0 heterocycles. The Balaban J connectivity index is 3.07. The van der Waals surface area contributed by atoms with Gasteiger partial charge in [-0.1, -0.05) is 11.8 Å². The minimum absolute atomic E-state index is 0.361. The number of rotatable bonds is 0. The Kier molecular flexibility index (Phi) is 3.09. The third-order valence-electron chi connectivity index (χ3n) is 1.68. The van der Waals surface area contributed by atoms with Crippen LogP contribution in [-0.2, 0) is 0 Å². The van der Waals surface area contributed by atoms with Gasteiger partial charge in [0.1, 0.15) is 0 Å². The molecular formula is C11H10N2. The molecule has 13 heavy (non-hydrogen) atoms. The van der Waals surface area contributed by atoms with E-state index in [9.17, 15) is 0 Å². The normalized spacial score (nSPS) is 8.38. The van der Waals surface area contributed by atoms with E-state index in [0.29, 0.717) is 12.1 Å². The van der Waals surface area contributed by atoms with Crippen LogP contribution in [0.4, 0.5) is 0 Å². The topological polar surface area (TPSA) is 49.8 Å². The Morgan fingerprint density at radius 3 is 2.77 bits per heavy atom. The number of aryl methyl sites for hydroxylation is 1. The maximum absolute atomic E-state index is 8.62. The summed E-state index contributed by atoms with van der Waals surface area (Å²) in [6.45, 7) is 2.29. The van der Waals surface area contributed by atoms with Crippen LogP contribution in [0.5, 0.6) is 0 Å². The first-order valence-corrected chi connectivity index (χ1v) is 3.97. The molecule has 1 aromatic carbocycles. The molecule has 0 saturated carbocycles. The number of nitriles is 1. The average Bonchev–Trinajstić information content (AvgIpc) is 2.16. The standard InChI is InChI=1S/C11H10N2/c1-9-7-10(8-13)4-5-11(9)3-2-6-12/h4-5,7H,6,12H2,1H3. The zero-order valence-corrected chi connectivity index (χ0v) is 7.46. The van der Waals surface area contributed by atoms with Crippen molar-refractivity contribution in [3.63, 3.8) is 0 Å². The lowest BCUT2D eigenvalue weighted by atomic mass is 10.1. The van der Waals surface area contributed by atoms with E-state index in [-0.39, 0.29) is 0 Å². The van der Waals surface area contributed by atoms with Crippen molar-refractivity contribution in [1.82, 2.24) is 0 Å². The predicted octanol–water partition coefficient (Wildman–Crippen LogP) is 1.18. The SMILES string of the molecule is Cc1cc(C#N)ccc1C#CCN. The van der Waals surface area contributed by atoms with Crippen LogP contribution >= 0.6 is 0 Å². The Morgan fingerprint density at radius 2 is 2.23 bits per heavy atom. The predicted molar refractivity (Wildman–Crippen MR) is 51.8 cm³/mol. The lowest BCUT2D eigenvalue weighted by Gasteiger charge is -1.96. The summed E-state index contributed by atoms with van der Waals surface area (Å²) in [5.74, 6) is 5.72. The van der Waals surface area contributed by atoms with Crippen molar-refractivity contribution in [2.75, 3.05) is 6.54 Å². The third kappa shape index (κ3) is 2.33. The number of nitrogens with two attached hydrogens (primary N) is 1. The summed E-state index contributed by atoms with van der Waals surface area (Å²) in [6, 6.07) is 7.50. The second-order valence-electron chi connectivity index (χ2n) is 2.65. The highest BCUT2D eigenvalue weighted by Gasteiger charge is 1.95. The molecule has 1 rings (SSSR count). The van der Waals surface area contributed by atoms with Crippen molar-refractivity contribution in [2.45, 2.75) is 6.92 Å². The Morgan fingerprint density at radius 1 is 1.46 bits per heavy atom. The quantitative estimate of drug-likeness (QED) is 0.594. The van der Waals surface area contributed by atoms with Gasteiger partial charge in [-0.25, -0.2) is 0 Å². The molecule has 0 bridgehead atoms. The molecule has 0 saturated heterocycles. The number of hydrogen-bond acceptors (Lipinski definition) is 2. The van der Waals surface area contributed by atoms with Gasteiger partial charge in [-0.05, 0) is 30.7 Å². The van der Waals surface area contributed by atoms with Crippen molar-refractivity contribution in [3.8, 4) is 17.9 Å². The summed E-state index contributed by atoms with van der Waals surface area (Å²) in [7, 11) is 0. The first-order valence-electron chi connectivity index (χ1n) is 3.97. The Hall–Kier alpha value is -1.77. The minimum Gasteiger partial charge on any atom is -0.320 e. The van der Waals surface area contributed by atoms with Crippen molar-refractivity contribution >= 4 is 0 Å². The second-order valence-corrected chi connectivity index (χ2v) is 2.65. The fourth-order valence-electron chi connectivity index (χ4n) is 1.02. The van der Waals surface area contributed by atoms with E-state index in [1.54, 1.807) is 6.07 Å². The minimum atomic E-state index is 0.361. The lowest BCUT2D eigenvalue weighted by molar-refractivity contribution is 1.30. The summed E-state index contributed by atoms with van der Waals surface area (Å²) in [5.41, 5.74) is 7.87. The van der Waals surface area contributed by atoms with Crippen LogP contribution in [0.1, 0.15) is 16.7 Å². The molecule has 0 atom stereocenters. The van der Waals surface area contributed by atoms with Crippen molar-refractivity contribution in [3.05, 3.63) is 34.9 Å². The summed E-state index contributed by atoms with van der Waals surface area (Å²) >= 11 is 0. The molecule has 2 N–H and O–H groups in total. The van der Waals surface area contributed by atoms with Crippen LogP contribution in [0.3, 0.4) is 0 Å². The molecule has 0 aromatic heterocycles. The van der Waals surface area contributed by atoms with Gasteiger partial charge in [0.15, 0.2) is 0 Å². The van der Waals surface area contributed by atoms with E-state index < -0.39 is 0 Å². The monoisotopic (exact) mass is 170 g/mol. The molecule has 0 aliphatic rings. The van der Waals surface area contributed by atoms with Gasteiger partial charge in [0.05, 0.1) is 18.2 Å². The highest BCUT2D eigenvalue weighted by Crippen LogP contribution is 2.08. The molecule has 1 aromatic rings. The molecule has 0 aliphatic heterocycles. The van der Waals surface area contributed by atoms with E-state index in [0.717, 1.165) is 11.1 Å². The highest BCUT2D eigenvalue weighted by atomic mass is 14.5. The molecule has 64 valence electrons. The van der Waals surface area contributed by atoms with Crippen LogP contribution in [0.15, 0.2) is 18.2 Å². The van der Waals surface area contributed by atoms with E-state index in [1.165, 1.54) is 0 Å². The van der Waals surface area contributed by atoms with Gasteiger partial charge in [-0.15, -0.1) is 0 Å². The van der Waals surface area contributed by atoms with Crippen molar-refractivity contribution in [2.24, 2.45) is 5.73 Å². The molecule has 0 amide bonds. The van der Waals surface area contributed by atoms with E-state index in [2.05, 4.69) is 17.9 Å². The number of benzene rings is 1. The summed E-state index contributed by atoms with van der Waals surface area (Å²) in [5, 5.41) is 8.62. The van der Waals surface area contributed by atoms with Gasteiger partial charge in [-0.3, -0.25) is 0 Å². The average molecular weight is 170 g/mol. The van der Waals surface area contributed by atoms with Gasteiger partial charge in [0, 0.05) is 5.56 Å². The summed E-state index contributed by atoms with van der Waals surface area (Å²) in [4.78, 5) is 0. The molecule has 0 spiro atoms. The molecule has 2 nitrogen and oxygen atoms in total. The zero-order valence-electron chi connectivity index (χ0n) is 7.46. The van der Waals surface area contributed by atoms with Gasteiger partial charge in [0.2, 0.25) is 0 Å². The Labute approximate surface area is 78.0 Å². The fourth-order valence-corrected chi connectivity index (χ4v) is 1.02. The first-order chi connectivity index (χ1) is 6.27. The fraction of sp³-hybridized carbons (Fsp3) is 0.182. The maximum atomic E-state index is 8.62. The van der Waals surface area contributed by atoms with Gasteiger partial charge in [0.25, 0.3) is 0 Å². The molecule has 0 radical (unpaired) electrons. The summed E-state index contributed by atoms with van der Waals surface area (Å²) in [6.07, 6.45) is 0. The molecule has 0 aliphatic carbocycles. The van der Waals surface area contributed by atoms with Gasteiger partial charge < -0.3 is 5.73 Å². The van der Waals surface area contributed by atoms with E-state index in [1.807, 2.05) is 19.1 Å². The van der Waals surface area contributed by atoms with Crippen LogP contribution in [-0.4, -0.2) is 6.54 Å². The first kappa shape index (κ1) is 9.32. The van der Waals surface area contributed by atoms with Crippen molar-refractivity contribution in [1.29, 1.82) is 5.26 Å².